The molecule has 0 saturated heterocycles. The summed E-state index contributed by atoms with van der Waals surface area (Å²) < 4.78 is 0. The van der Waals surface area contributed by atoms with Gasteiger partial charge in [0.15, 0.2) is 10.3 Å². The Morgan fingerprint density at radius 2 is 1.10 bits per heavy atom. The van der Waals surface area contributed by atoms with Crippen LogP contribution < -0.4 is 0 Å². The third-order valence-corrected chi connectivity index (χ3v) is 9.44. The van der Waals surface area contributed by atoms with Crippen LogP contribution in [0.15, 0.2) is 93.2 Å². The summed E-state index contributed by atoms with van der Waals surface area (Å²) in [6.45, 7) is 8.67. The van der Waals surface area contributed by atoms with Crippen molar-refractivity contribution in [1.29, 1.82) is 0 Å². The molecule has 0 aliphatic heterocycles. The van der Waals surface area contributed by atoms with Crippen LogP contribution in [0.5, 0.6) is 0 Å². The zero-order valence-electron chi connectivity index (χ0n) is 23.7. The topological polar surface area (TPSA) is 51.6 Å². The van der Waals surface area contributed by atoms with Gasteiger partial charge in [-0.1, -0.05) is 112 Å². The Kier molecular flexibility index (Phi) is 12.7. The molecule has 2 atom stereocenters. The average molecular weight is 607 g/mol. The molecule has 0 fully saturated rings. The maximum atomic E-state index is 5.18. The minimum absolute atomic E-state index is 0.153. The Bertz CT molecular complexity index is 1270. The predicted octanol–water partition coefficient (Wildman–Crippen LogP) is 9.07. The molecule has 0 radical (unpaired) electrons. The first kappa shape index (κ1) is 30.9. The van der Waals surface area contributed by atoms with E-state index in [2.05, 4.69) is 100 Å². The van der Waals surface area contributed by atoms with Gasteiger partial charge in [0.1, 0.15) is 10.1 Å². The molecular formula is C32H38N4S4. The van der Waals surface area contributed by atoms with Gasteiger partial charge in [0.05, 0.1) is 5.69 Å². The summed E-state index contributed by atoms with van der Waals surface area (Å²) in [7, 11) is 0. The van der Waals surface area contributed by atoms with E-state index in [1.807, 2.05) is 0 Å². The minimum Gasteiger partial charge on any atom is -0.228 e. The van der Waals surface area contributed by atoms with E-state index in [0.717, 1.165) is 67.6 Å². The Morgan fingerprint density at radius 3 is 1.70 bits per heavy atom. The van der Waals surface area contributed by atoms with Crippen molar-refractivity contribution >= 4 is 47.0 Å². The summed E-state index contributed by atoms with van der Waals surface area (Å²) in [5.74, 6) is 4.21. The largest absolute Gasteiger partial charge is 0.228 e. The van der Waals surface area contributed by atoms with E-state index in [1.54, 1.807) is 47.0 Å². The fraction of sp³-hybridized carbons (Fsp3) is 0.375. The summed E-state index contributed by atoms with van der Waals surface area (Å²) in [4.78, 5) is 19.9. The lowest BCUT2D eigenvalue weighted by Gasteiger charge is -2.28. The Labute approximate surface area is 256 Å². The summed E-state index contributed by atoms with van der Waals surface area (Å²) in [5, 5.41) is 3.84. The summed E-state index contributed by atoms with van der Waals surface area (Å²) in [6, 6.07) is 26.2. The number of rotatable bonds is 15. The molecule has 8 heteroatoms. The van der Waals surface area contributed by atoms with Gasteiger partial charge in [-0.3, -0.25) is 0 Å². The zero-order valence-corrected chi connectivity index (χ0v) is 27.0. The van der Waals surface area contributed by atoms with Crippen LogP contribution in [-0.2, 0) is 12.8 Å². The molecular weight excluding hydrogens is 569 g/mol. The van der Waals surface area contributed by atoms with Gasteiger partial charge >= 0.3 is 0 Å². The smallest absolute Gasteiger partial charge is 0.188 e. The molecule has 2 aromatic carbocycles. The SMILES string of the molecule is CCSc1cc(CC(c2ccccc2)C(Cc2ccccc2)c2cc(SCC)nc(SCC)n2)nc(SCC)n1. The van der Waals surface area contributed by atoms with Gasteiger partial charge in [0.25, 0.3) is 0 Å². The van der Waals surface area contributed by atoms with Crippen molar-refractivity contribution in [3.8, 4) is 0 Å². The molecule has 0 aliphatic rings. The molecule has 4 rings (SSSR count). The molecule has 0 N–H and O–H groups in total. The number of nitrogens with zero attached hydrogens (tertiary/aromatic N) is 4. The maximum Gasteiger partial charge on any atom is 0.188 e. The Hall–Kier alpha value is -2.00. The third kappa shape index (κ3) is 9.00. The number of hydrogen-bond acceptors (Lipinski definition) is 8. The van der Waals surface area contributed by atoms with E-state index in [4.69, 9.17) is 19.9 Å². The highest BCUT2D eigenvalue weighted by Crippen LogP contribution is 2.39. The van der Waals surface area contributed by atoms with Gasteiger partial charge in [-0.25, -0.2) is 19.9 Å². The second-order valence-corrected chi connectivity index (χ2v) is 14.2. The molecule has 4 nitrogen and oxygen atoms in total. The first-order valence-corrected chi connectivity index (χ1v) is 17.9. The van der Waals surface area contributed by atoms with Crippen molar-refractivity contribution in [2.75, 3.05) is 23.0 Å². The molecule has 0 bridgehead atoms. The van der Waals surface area contributed by atoms with Crippen molar-refractivity contribution in [2.45, 2.75) is 72.7 Å². The molecule has 0 aliphatic carbocycles. The number of benzene rings is 2. The highest BCUT2D eigenvalue weighted by Gasteiger charge is 2.29. The highest BCUT2D eigenvalue weighted by atomic mass is 32.2. The molecule has 40 heavy (non-hydrogen) atoms. The summed E-state index contributed by atoms with van der Waals surface area (Å²) >= 11 is 7.00. The van der Waals surface area contributed by atoms with E-state index in [-0.39, 0.29) is 11.8 Å². The fourth-order valence-electron chi connectivity index (χ4n) is 4.73. The third-order valence-electron chi connectivity index (χ3n) is 6.39. The van der Waals surface area contributed by atoms with Crippen molar-refractivity contribution in [1.82, 2.24) is 19.9 Å². The normalized spacial score (nSPS) is 12.8. The van der Waals surface area contributed by atoms with Gasteiger partial charge in [0, 0.05) is 11.6 Å². The van der Waals surface area contributed by atoms with E-state index in [0.29, 0.717) is 0 Å². The monoisotopic (exact) mass is 606 g/mol. The van der Waals surface area contributed by atoms with Crippen LogP contribution in [0.25, 0.3) is 0 Å². The van der Waals surface area contributed by atoms with Gasteiger partial charge in [-0.2, -0.15) is 0 Å². The minimum atomic E-state index is 0.153. The van der Waals surface area contributed by atoms with Crippen molar-refractivity contribution in [2.24, 2.45) is 0 Å². The van der Waals surface area contributed by atoms with E-state index >= 15 is 0 Å². The average Bonchev–Trinajstić information content (AvgIpc) is 2.96. The maximum absolute atomic E-state index is 5.18. The predicted molar refractivity (Wildman–Crippen MR) is 175 cm³/mol. The lowest BCUT2D eigenvalue weighted by Crippen LogP contribution is -2.19. The van der Waals surface area contributed by atoms with E-state index in [9.17, 15) is 0 Å². The van der Waals surface area contributed by atoms with Crippen molar-refractivity contribution < 1.29 is 0 Å². The lowest BCUT2D eigenvalue weighted by molar-refractivity contribution is 0.505. The first-order valence-electron chi connectivity index (χ1n) is 14.0. The number of thioether (sulfide) groups is 4. The van der Waals surface area contributed by atoms with Crippen molar-refractivity contribution in [3.05, 3.63) is 95.3 Å². The Balaban J connectivity index is 1.85. The fourth-order valence-corrected chi connectivity index (χ4v) is 7.36. The van der Waals surface area contributed by atoms with E-state index in [1.165, 1.54) is 11.1 Å². The first-order chi connectivity index (χ1) is 19.6. The van der Waals surface area contributed by atoms with Crippen LogP contribution in [0.3, 0.4) is 0 Å². The molecule has 0 saturated carbocycles. The van der Waals surface area contributed by atoms with Gasteiger partial charge in [0.2, 0.25) is 0 Å². The Morgan fingerprint density at radius 1 is 0.550 bits per heavy atom. The van der Waals surface area contributed by atoms with Crippen molar-refractivity contribution in [3.63, 3.8) is 0 Å². The molecule has 2 aromatic heterocycles. The van der Waals surface area contributed by atoms with Crippen LogP contribution in [0.4, 0.5) is 0 Å². The molecule has 0 amide bonds. The number of aromatic nitrogens is 4. The van der Waals surface area contributed by atoms with Crippen LogP contribution in [-0.4, -0.2) is 42.9 Å². The second kappa shape index (κ2) is 16.4. The molecule has 2 heterocycles. The quantitative estimate of drug-likeness (QED) is 0.0755. The van der Waals surface area contributed by atoms with Crippen LogP contribution in [0.2, 0.25) is 0 Å². The second-order valence-electron chi connectivity index (χ2n) is 9.14. The van der Waals surface area contributed by atoms with Crippen LogP contribution in [0, 0.1) is 0 Å². The summed E-state index contributed by atoms with van der Waals surface area (Å²) in [6.07, 6.45) is 1.71. The zero-order chi connectivity index (χ0) is 28.2. The van der Waals surface area contributed by atoms with Gasteiger partial charge < -0.3 is 0 Å². The highest BCUT2D eigenvalue weighted by molar-refractivity contribution is 8.00. The standard InChI is InChI=1S/C32H38N4S4/c1-5-37-29-21-25(33-31(35-29)39-7-3)20-26(24-17-13-10-14-18-24)27(19-23-15-11-9-12-16-23)28-22-30(38-6-2)36-32(34-28)40-8-4/h9-18,21-22,26-27H,5-8,19-20H2,1-4H3. The number of hydrogen-bond donors (Lipinski definition) is 0. The lowest BCUT2D eigenvalue weighted by atomic mass is 9.77. The van der Waals surface area contributed by atoms with Gasteiger partial charge in [-0.05, 0) is 65.0 Å². The molecule has 0 spiro atoms. The molecule has 4 aromatic rings. The molecule has 210 valence electrons. The van der Waals surface area contributed by atoms with Gasteiger partial charge in [-0.15, -0.1) is 23.5 Å². The van der Waals surface area contributed by atoms with Crippen LogP contribution >= 0.6 is 47.0 Å². The van der Waals surface area contributed by atoms with Crippen LogP contribution in [0.1, 0.15) is 62.0 Å². The summed E-state index contributed by atoms with van der Waals surface area (Å²) in [5.41, 5.74) is 4.83. The molecule has 2 unspecified atom stereocenters. The van der Waals surface area contributed by atoms with E-state index < -0.39 is 0 Å².